The van der Waals surface area contributed by atoms with Gasteiger partial charge in [0.15, 0.2) is 0 Å². The molecule has 2 unspecified atom stereocenters. The van der Waals surface area contributed by atoms with Gasteiger partial charge in [-0.3, -0.25) is 29.0 Å². The van der Waals surface area contributed by atoms with Crippen LogP contribution in [0.2, 0.25) is 0 Å². The summed E-state index contributed by atoms with van der Waals surface area (Å²) in [7, 11) is 1.64. The molecule has 0 bridgehead atoms. The lowest BCUT2D eigenvalue weighted by Gasteiger charge is -2.32. The average molecular weight is 1380 g/mol. The van der Waals surface area contributed by atoms with Crippen molar-refractivity contribution in [3.63, 3.8) is 0 Å². The fourth-order valence-electron chi connectivity index (χ4n) is 10.4. The lowest BCUT2D eigenvalue weighted by molar-refractivity contribution is -0.135. The van der Waals surface area contributed by atoms with E-state index in [2.05, 4.69) is 78.2 Å². The van der Waals surface area contributed by atoms with Gasteiger partial charge in [0, 0.05) is 121 Å². The second kappa shape index (κ2) is 38.1. The third-order valence-electron chi connectivity index (χ3n) is 15.4. The van der Waals surface area contributed by atoms with Crippen LogP contribution in [-0.2, 0) is 45.4 Å². The number of nitrogens with one attached hydrogen (secondary N) is 1. The Morgan fingerprint density at radius 3 is 1.57 bits per heavy atom. The molecule has 6 heterocycles. The Labute approximate surface area is 559 Å². The van der Waals surface area contributed by atoms with Gasteiger partial charge in [0.05, 0.1) is 52.2 Å². The summed E-state index contributed by atoms with van der Waals surface area (Å²) in [5.74, 6) is 2.74. The smallest absolute Gasteiger partial charge is 0.250 e. The number of aliphatic hydroxyl groups is 1. The number of piperidine rings is 2. The fourth-order valence-corrected chi connectivity index (χ4v) is 11.1. The average Bonchev–Trinajstić information content (AvgIpc) is 2.34. The third kappa shape index (κ3) is 23.2. The normalized spacial score (nSPS) is 14.2. The number of benzene rings is 6. The van der Waals surface area contributed by atoms with Crippen molar-refractivity contribution in [2.75, 3.05) is 59.7 Å². The minimum atomic E-state index is -0.0757. The molecule has 0 saturated carbocycles. The predicted molar refractivity (Wildman–Crippen MR) is 372 cm³/mol. The first kappa shape index (κ1) is 69.8. The number of aromatic nitrogens is 4. The van der Waals surface area contributed by atoms with E-state index in [1.54, 1.807) is 64.0 Å². The van der Waals surface area contributed by atoms with Crippen LogP contribution in [0.25, 0.3) is 22.0 Å². The second-order valence-electron chi connectivity index (χ2n) is 21.9. The van der Waals surface area contributed by atoms with Gasteiger partial charge in [0.25, 0.3) is 11.1 Å². The summed E-state index contributed by atoms with van der Waals surface area (Å²) in [6.45, 7) is 6.31. The quantitative estimate of drug-likeness (QED) is 0.0691. The number of likely N-dealkylation sites (tertiary alicyclic amines) is 2. The number of fused-ring (bicyclic) bond motifs is 1. The van der Waals surface area contributed by atoms with E-state index in [4.69, 9.17) is 24.1 Å². The number of H-pyrrole nitrogens is 1. The highest BCUT2D eigenvalue weighted by molar-refractivity contribution is 9.10. The van der Waals surface area contributed by atoms with E-state index >= 15 is 0 Å². The Kier molecular flexibility index (Phi) is 28.6. The van der Waals surface area contributed by atoms with E-state index in [1.165, 1.54) is 17.2 Å². The summed E-state index contributed by atoms with van der Waals surface area (Å²) in [6, 6.07) is 68.3. The predicted octanol–water partition coefficient (Wildman–Crippen LogP) is 13.1. The van der Waals surface area contributed by atoms with Crippen molar-refractivity contribution in [3.8, 4) is 22.6 Å². The van der Waals surface area contributed by atoms with E-state index in [0.29, 0.717) is 83.9 Å². The Morgan fingerprint density at radius 1 is 0.527 bits per heavy atom. The summed E-state index contributed by atoms with van der Waals surface area (Å²) in [5.41, 5.74) is 7.74. The van der Waals surface area contributed by atoms with E-state index in [9.17, 15) is 24.0 Å². The number of nitrogens with zero attached hydrogens (tertiary/aromatic N) is 5. The number of hydrogen-bond acceptors (Lipinski definition) is 11. The highest BCUT2D eigenvalue weighted by Gasteiger charge is 2.27. The van der Waals surface area contributed by atoms with Gasteiger partial charge in [-0.25, -0.2) is 0 Å². The summed E-state index contributed by atoms with van der Waals surface area (Å²) < 4.78 is 27.6. The molecule has 2 amide bonds. The monoisotopic (exact) mass is 1380 g/mol. The van der Waals surface area contributed by atoms with E-state index in [1.807, 2.05) is 157 Å². The van der Waals surface area contributed by atoms with Gasteiger partial charge < -0.3 is 48.0 Å². The number of carbonyl (C=O) groups excluding carboxylic acids is 2. The van der Waals surface area contributed by atoms with Crippen LogP contribution < -0.4 is 26.2 Å². The van der Waals surface area contributed by atoms with Crippen LogP contribution in [0.3, 0.4) is 0 Å². The number of aliphatic hydroxyl groups excluding tert-OH is 1. The Bertz CT molecular complexity index is 4030. The van der Waals surface area contributed by atoms with Crippen molar-refractivity contribution in [2.24, 2.45) is 0 Å². The summed E-state index contributed by atoms with van der Waals surface area (Å²) in [6.07, 6.45) is 10.0. The van der Waals surface area contributed by atoms with Crippen molar-refractivity contribution in [1.82, 2.24) is 28.9 Å². The molecule has 2 fully saturated rings. The molecule has 10 aromatic rings. The standard InChI is InChI=1S/C23H24N2O3.C20H19NO2.C14H14BrNO2.C13H17NO2.C5H4BrNO/c1-27-19-8-9-20-21(15-19)24-12-11-22(20)28-14-13-25-16-18(7-10-23(25)26)17-5-3-2-4-6-17;22-20-12-11-19(18-9-5-2-6-10-18)15-21(20)13-14-23-16-17-7-3-1-4-8-17;15-13-6-7-14(17)16(10-13)8-9-18-11-12-4-2-1-3-5-12;15-9-8-14-10-12(6-7-13(14)16)11-4-2-1-3-5-11;6-4-1-2-5(8)7-3-4/h2-6,8-9,11-12,15,18H,7,10,13-14,16H2,1H3;1-12,15H,13-14,16H2;1-7,10H,8-9,11H2;1-5,12,15H,6-10H2;1-3H,(H,7,8). The largest absolute Gasteiger partial charge is 0.497 e. The van der Waals surface area contributed by atoms with Gasteiger partial charge in [-0.2, -0.15) is 0 Å². The number of ether oxygens (including phenoxy) is 4. The molecule has 482 valence electrons. The van der Waals surface area contributed by atoms with Gasteiger partial charge >= 0.3 is 0 Å². The van der Waals surface area contributed by atoms with Crippen molar-refractivity contribution in [3.05, 3.63) is 299 Å². The van der Waals surface area contributed by atoms with Gasteiger partial charge in [-0.05, 0) is 114 Å². The first-order valence-electron chi connectivity index (χ1n) is 30.9. The van der Waals surface area contributed by atoms with E-state index < -0.39 is 0 Å². The zero-order valence-electron chi connectivity index (χ0n) is 52.1. The molecule has 0 radical (unpaired) electrons. The van der Waals surface area contributed by atoms with Crippen molar-refractivity contribution in [1.29, 1.82) is 0 Å². The number of hydrogen-bond donors (Lipinski definition) is 2. The maximum absolute atomic E-state index is 12.3. The maximum Gasteiger partial charge on any atom is 0.250 e. The van der Waals surface area contributed by atoms with Crippen molar-refractivity contribution < 1.29 is 33.6 Å². The number of amides is 2. The third-order valence-corrected chi connectivity index (χ3v) is 16.4. The minimum Gasteiger partial charge on any atom is -0.497 e. The lowest BCUT2D eigenvalue weighted by atomic mass is 9.90. The van der Waals surface area contributed by atoms with Gasteiger partial charge in [-0.1, -0.05) is 152 Å². The van der Waals surface area contributed by atoms with Crippen LogP contribution in [-0.4, -0.2) is 106 Å². The molecule has 93 heavy (non-hydrogen) atoms. The molecule has 2 aliphatic heterocycles. The van der Waals surface area contributed by atoms with Gasteiger partial charge in [0.2, 0.25) is 17.4 Å². The fraction of sp³-hybridized carbons (Fsp3) is 0.253. The van der Waals surface area contributed by atoms with E-state index in [0.717, 1.165) is 79.5 Å². The highest BCUT2D eigenvalue weighted by atomic mass is 79.9. The molecular formula is C75H78Br2N6O10. The number of pyridine rings is 4. The number of rotatable bonds is 20. The van der Waals surface area contributed by atoms with Crippen molar-refractivity contribution in [2.45, 2.75) is 63.8 Å². The second-order valence-corrected chi connectivity index (χ2v) is 23.7. The molecule has 6 aromatic carbocycles. The molecular weight excluding hydrogens is 1300 g/mol. The first-order valence-corrected chi connectivity index (χ1v) is 32.5. The Hall–Kier alpha value is -9.04. The van der Waals surface area contributed by atoms with E-state index in [-0.39, 0.29) is 35.1 Å². The van der Waals surface area contributed by atoms with Gasteiger partial charge in [0.1, 0.15) is 18.1 Å². The summed E-state index contributed by atoms with van der Waals surface area (Å²) >= 11 is 6.52. The van der Waals surface area contributed by atoms with Crippen LogP contribution in [0.15, 0.2) is 260 Å². The molecule has 2 aliphatic rings. The molecule has 2 atom stereocenters. The zero-order chi connectivity index (χ0) is 65.4. The van der Waals surface area contributed by atoms with Crippen LogP contribution in [0.4, 0.5) is 0 Å². The van der Waals surface area contributed by atoms with Gasteiger partial charge in [-0.15, -0.1) is 0 Å². The lowest BCUT2D eigenvalue weighted by Crippen LogP contribution is -2.41. The highest BCUT2D eigenvalue weighted by Crippen LogP contribution is 2.30. The zero-order valence-corrected chi connectivity index (χ0v) is 55.3. The molecule has 2 saturated heterocycles. The molecule has 0 spiro atoms. The van der Waals surface area contributed by atoms with Crippen LogP contribution in [0.5, 0.6) is 11.5 Å². The number of carbonyl (C=O) groups is 2. The Morgan fingerprint density at radius 2 is 1.04 bits per heavy atom. The number of halogens is 2. The number of aromatic amines is 1. The van der Waals surface area contributed by atoms with Crippen LogP contribution >= 0.6 is 31.9 Å². The first-order chi connectivity index (χ1) is 45.4. The maximum atomic E-state index is 12.3. The molecule has 4 aromatic heterocycles. The molecule has 16 nitrogen and oxygen atoms in total. The van der Waals surface area contributed by atoms with Crippen LogP contribution in [0, 0.1) is 0 Å². The Balaban J connectivity index is 0.000000156. The molecule has 18 heteroatoms. The molecule has 2 N–H and O–H groups in total. The molecule has 12 rings (SSSR count). The molecule has 0 aliphatic carbocycles. The van der Waals surface area contributed by atoms with Crippen LogP contribution in [0.1, 0.15) is 59.8 Å². The summed E-state index contributed by atoms with van der Waals surface area (Å²) in [5, 5.41) is 9.84. The summed E-state index contributed by atoms with van der Waals surface area (Å²) in [4.78, 5) is 68.3. The topological polar surface area (TPSA) is 188 Å². The van der Waals surface area contributed by atoms with Crippen molar-refractivity contribution >= 4 is 54.6 Å². The minimum absolute atomic E-state index is 0.00649. The number of methoxy groups -OCH3 is 1. The number of β-amino-alcohol motifs (C(OH)–C–C–N with tert-alkyl or cyclic N) is 1. The SMILES string of the molecule is COc1ccc2c(OCCN3CC(c4ccccc4)CCC3=O)ccnc2c1.O=C1CCC(c2ccccc2)CN1CCO.O=c1ccc(-c2ccccc2)cn1CCOCc1ccccc1.O=c1ccc(Br)c[nH]1.O=c1ccc(Br)cn1CCOCc1ccccc1.